The highest BCUT2D eigenvalue weighted by Gasteiger charge is 2.27. The second kappa shape index (κ2) is 4.65. The van der Waals surface area contributed by atoms with Crippen molar-refractivity contribution in [2.24, 2.45) is 0 Å². The zero-order valence-electron chi connectivity index (χ0n) is 9.30. The molecule has 1 saturated heterocycles. The van der Waals surface area contributed by atoms with Gasteiger partial charge in [0.1, 0.15) is 0 Å². The minimum absolute atomic E-state index is 0.000588. The van der Waals surface area contributed by atoms with Crippen LogP contribution in [0.1, 0.15) is 11.9 Å². The minimum atomic E-state index is -0.287. The molecule has 1 aliphatic heterocycles. The smallest absolute Gasteiger partial charge is 0.185 e. The van der Waals surface area contributed by atoms with Crippen LogP contribution in [0.25, 0.3) is 10.8 Å². The third-order valence-electron chi connectivity index (χ3n) is 3.00. The second-order valence-corrected chi connectivity index (χ2v) is 4.45. The van der Waals surface area contributed by atoms with Gasteiger partial charge in [-0.2, -0.15) is 0 Å². The predicted molar refractivity (Wildman–Crippen MR) is 68.2 cm³/mol. The van der Waals surface area contributed by atoms with Gasteiger partial charge >= 0.3 is 0 Å². The van der Waals surface area contributed by atoms with E-state index in [4.69, 9.17) is 21.1 Å². The Morgan fingerprint density at radius 2 is 1.94 bits per heavy atom. The van der Waals surface area contributed by atoms with Crippen molar-refractivity contribution in [1.29, 1.82) is 0 Å². The third kappa shape index (κ3) is 2.04. The maximum absolute atomic E-state index is 5.77. The summed E-state index contributed by atoms with van der Waals surface area (Å²) in [5.41, 5.74) is 1.08. The Morgan fingerprint density at radius 3 is 2.76 bits per heavy atom. The van der Waals surface area contributed by atoms with Crippen LogP contribution in [0.2, 0.25) is 0 Å². The molecule has 2 nitrogen and oxygen atoms in total. The molecule has 0 saturated carbocycles. The summed E-state index contributed by atoms with van der Waals surface area (Å²) in [5.74, 6) is 0.473. The first-order valence-electron chi connectivity index (χ1n) is 5.69. The Hall–Kier alpha value is -1.09. The lowest BCUT2D eigenvalue weighted by atomic mass is 10.0. The Morgan fingerprint density at radius 1 is 1.12 bits per heavy atom. The Kier molecular flexibility index (Phi) is 3.02. The Bertz CT molecular complexity index is 521. The number of hydrogen-bond donors (Lipinski definition) is 0. The van der Waals surface area contributed by atoms with E-state index in [-0.39, 0.29) is 12.4 Å². The summed E-state index contributed by atoms with van der Waals surface area (Å²) in [4.78, 5) is 0. The van der Waals surface area contributed by atoms with Crippen LogP contribution < -0.4 is 0 Å². The van der Waals surface area contributed by atoms with E-state index in [9.17, 15) is 0 Å². The van der Waals surface area contributed by atoms with Crippen molar-refractivity contribution in [2.75, 3.05) is 12.5 Å². The van der Waals surface area contributed by atoms with Gasteiger partial charge in [0.05, 0.1) is 18.6 Å². The molecule has 0 bridgehead atoms. The van der Waals surface area contributed by atoms with Crippen molar-refractivity contribution >= 4 is 22.4 Å². The van der Waals surface area contributed by atoms with Gasteiger partial charge in [0.25, 0.3) is 0 Å². The van der Waals surface area contributed by atoms with E-state index in [0.29, 0.717) is 12.5 Å². The molecule has 1 heterocycles. The van der Waals surface area contributed by atoms with Gasteiger partial charge < -0.3 is 9.47 Å². The summed E-state index contributed by atoms with van der Waals surface area (Å²) in [5, 5.41) is 2.38. The number of benzene rings is 2. The van der Waals surface area contributed by atoms with Crippen LogP contribution in [0.4, 0.5) is 0 Å². The molecule has 0 N–H and O–H groups in total. The Labute approximate surface area is 105 Å². The molecule has 1 fully saturated rings. The molecule has 3 rings (SSSR count). The largest absolute Gasteiger partial charge is 0.346 e. The van der Waals surface area contributed by atoms with Crippen molar-refractivity contribution in [1.82, 2.24) is 0 Å². The van der Waals surface area contributed by atoms with E-state index in [1.54, 1.807) is 0 Å². The normalized spacial score (nSPS) is 24.3. The molecule has 88 valence electrons. The first kappa shape index (κ1) is 11.0. The average molecular weight is 249 g/mol. The second-order valence-electron chi connectivity index (χ2n) is 4.15. The maximum Gasteiger partial charge on any atom is 0.185 e. The fraction of sp³-hybridized carbons (Fsp3) is 0.286. The number of hydrogen-bond acceptors (Lipinski definition) is 2. The average Bonchev–Trinajstić information content (AvgIpc) is 2.87. The summed E-state index contributed by atoms with van der Waals surface area (Å²) < 4.78 is 11.4. The highest BCUT2D eigenvalue weighted by Crippen LogP contribution is 2.32. The van der Waals surface area contributed by atoms with Gasteiger partial charge in [0.2, 0.25) is 0 Å². The zero-order chi connectivity index (χ0) is 11.7. The molecule has 17 heavy (non-hydrogen) atoms. The van der Waals surface area contributed by atoms with Gasteiger partial charge in [0.15, 0.2) is 6.29 Å². The standard InChI is InChI=1S/C14H13ClO2/c15-8-11-9-16-14(17-11)13-7-3-5-10-4-1-2-6-12(10)13/h1-7,11,14H,8-9H2/t11-,14+/m0/s1. The highest BCUT2D eigenvalue weighted by molar-refractivity contribution is 6.18. The third-order valence-corrected chi connectivity index (χ3v) is 3.34. The van der Waals surface area contributed by atoms with Crippen LogP contribution in [-0.2, 0) is 9.47 Å². The van der Waals surface area contributed by atoms with Crippen LogP contribution in [0.15, 0.2) is 42.5 Å². The van der Waals surface area contributed by atoms with Crippen molar-refractivity contribution in [3.63, 3.8) is 0 Å². The minimum Gasteiger partial charge on any atom is -0.346 e. The van der Waals surface area contributed by atoms with Gasteiger partial charge in [-0.1, -0.05) is 42.5 Å². The van der Waals surface area contributed by atoms with E-state index >= 15 is 0 Å². The quantitative estimate of drug-likeness (QED) is 0.758. The SMILES string of the molecule is ClC[C@H]1CO[C@@H](c2cccc3ccccc23)O1. The summed E-state index contributed by atoms with van der Waals surface area (Å²) in [6, 6.07) is 14.4. The van der Waals surface area contributed by atoms with Gasteiger partial charge in [-0.25, -0.2) is 0 Å². The van der Waals surface area contributed by atoms with E-state index in [0.717, 1.165) is 5.56 Å². The number of rotatable bonds is 2. The highest BCUT2D eigenvalue weighted by atomic mass is 35.5. The van der Waals surface area contributed by atoms with Crippen molar-refractivity contribution in [2.45, 2.75) is 12.4 Å². The summed E-state index contributed by atoms with van der Waals surface area (Å²) in [6.07, 6.45) is -0.287. The van der Waals surface area contributed by atoms with E-state index < -0.39 is 0 Å². The Balaban J connectivity index is 2.00. The van der Waals surface area contributed by atoms with Crippen molar-refractivity contribution in [3.8, 4) is 0 Å². The molecule has 0 aromatic heterocycles. The van der Waals surface area contributed by atoms with Gasteiger partial charge in [-0.3, -0.25) is 0 Å². The molecule has 0 radical (unpaired) electrons. The lowest BCUT2D eigenvalue weighted by Crippen LogP contribution is -2.10. The fourth-order valence-corrected chi connectivity index (χ4v) is 2.31. The molecule has 0 amide bonds. The molecule has 2 aromatic carbocycles. The van der Waals surface area contributed by atoms with Crippen LogP contribution >= 0.6 is 11.6 Å². The summed E-state index contributed by atoms with van der Waals surface area (Å²) in [7, 11) is 0. The molecule has 3 heteroatoms. The molecular weight excluding hydrogens is 236 g/mol. The molecule has 2 atom stereocenters. The molecule has 1 aliphatic rings. The molecule has 2 aromatic rings. The molecular formula is C14H13ClO2. The predicted octanol–water partition coefficient (Wildman–Crippen LogP) is 3.49. The van der Waals surface area contributed by atoms with Gasteiger partial charge in [0, 0.05) is 5.56 Å². The van der Waals surface area contributed by atoms with Crippen molar-refractivity contribution < 1.29 is 9.47 Å². The first-order chi connectivity index (χ1) is 8.38. The van der Waals surface area contributed by atoms with Crippen LogP contribution in [0.3, 0.4) is 0 Å². The maximum atomic E-state index is 5.77. The fourth-order valence-electron chi connectivity index (χ4n) is 2.15. The van der Waals surface area contributed by atoms with Crippen LogP contribution in [0.5, 0.6) is 0 Å². The lowest BCUT2D eigenvalue weighted by Gasteiger charge is -2.13. The van der Waals surface area contributed by atoms with Gasteiger partial charge in [-0.05, 0) is 10.8 Å². The van der Waals surface area contributed by atoms with Crippen LogP contribution in [0, 0.1) is 0 Å². The number of halogens is 1. The number of alkyl halides is 1. The summed E-state index contributed by atoms with van der Waals surface area (Å²) >= 11 is 5.77. The van der Waals surface area contributed by atoms with Gasteiger partial charge in [-0.15, -0.1) is 11.6 Å². The first-order valence-corrected chi connectivity index (χ1v) is 6.22. The van der Waals surface area contributed by atoms with E-state index in [1.807, 2.05) is 24.3 Å². The molecule has 0 spiro atoms. The van der Waals surface area contributed by atoms with E-state index in [2.05, 4.69) is 18.2 Å². The van der Waals surface area contributed by atoms with Crippen LogP contribution in [-0.4, -0.2) is 18.6 Å². The zero-order valence-corrected chi connectivity index (χ0v) is 10.1. The van der Waals surface area contributed by atoms with E-state index in [1.165, 1.54) is 10.8 Å². The summed E-state index contributed by atoms with van der Waals surface area (Å²) in [6.45, 7) is 0.567. The monoisotopic (exact) mass is 248 g/mol. The molecule has 0 unspecified atom stereocenters. The number of fused-ring (bicyclic) bond motifs is 1. The van der Waals surface area contributed by atoms with Crippen molar-refractivity contribution in [3.05, 3.63) is 48.0 Å². The lowest BCUT2D eigenvalue weighted by molar-refractivity contribution is -0.0556. The topological polar surface area (TPSA) is 18.5 Å². The number of ether oxygens (including phenoxy) is 2. The molecule has 0 aliphatic carbocycles.